The maximum absolute atomic E-state index is 12.6. The monoisotopic (exact) mass is 359 g/mol. The molecule has 6 heteroatoms. The second-order valence-electron chi connectivity index (χ2n) is 4.87. The fourth-order valence-electron chi connectivity index (χ4n) is 2.50. The van der Waals surface area contributed by atoms with Crippen LogP contribution in [0.1, 0.15) is 36.0 Å². The molecule has 108 valence electrons. The van der Waals surface area contributed by atoms with Crippen LogP contribution in [-0.2, 0) is 4.79 Å². The van der Waals surface area contributed by atoms with Gasteiger partial charge in [0.25, 0.3) is 5.91 Å². The topological polar surface area (TPSA) is 57.6 Å². The van der Waals surface area contributed by atoms with Crippen molar-refractivity contribution < 1.29 is 14.7 Å². The predicted octanol–water partition coefficient (Wildman–Crippen LogP) is 3.57. The van der Waals surface area contributed by atoms with Gasteiger partial charge in [0.05, 0.1) is 17.0 Å². The van der Waals surface area contributed by atoms with Crippen LogP contribution in [0, 0.1) is 0 Å². The number of likely N-dealkylation sites (tertiary alicyclic amines) is 1. The summed E-state index contributed by atoms with van der Waals surface area (Å²) in [4.78, 5) is 25.2. The molecule has 1 aromatic carbocycles. The Labute approximate surface area is 130 Å². The molecule has 1 atom stereocenters. The van der Waals surface area contributed by atoms with Crippen molar-refractivity contribution in [2.45, 2.75) is 31.7 Å². The lowest BCUT2D eigenvalue weighted by molar-refractivity contribution is -0.138. The number of benzene rings is 1. The van der Waals surface area contributed by atoms with E-state index in [0.29, 0.717) is 17.1 Å². The third kappa shape index (κ3) is 3.52. The zero-order chi connectivity index (χ0) is 14.7. The van der Waals surface area contributed by atoms with Crippen LogP contribution < -0.4 is 0 Å². The number of hydrogen-bond acceptors (Lipinski definition) is 2. The van der Waals surface area contributed by atoms with E-state index in [-0.39, 0.29) is 18.4 Å². The Bertz CT molecular complexity index is 535. The molecule has 2 rings (SSSR count). The third-order valence-electron chi connectivity index (χ3n) is 3.46. The summed E-state index contributed by atoms with van der Waals surface area (Å²) in [5.74, 6) is -1.07. The standard InChI is InChI=1S/C14H15BrClNO3/c15-9-4-5-12(16)11(7-9)14(20)17-6-2-1-3-10(17)8-13(18)19/h4-5,7,10H,1-3,6,8H2,(H,18,19). The molecule has 1 aliphatic rings. The number of aliphatic carboxylic acids is 1. The first-order valence-electron chi connectivity index (χ1n) is 6.47. The highest BCUT2D eigenvalue weighted by Gasteiger charge is 2.30. The Morgan fingerprint density at radius 3 is 2.85 bits per heavy atom. The maximum atomic E-state index is 12.6. The number of nitrogens with zero attached hydrogens (tertiary/aromatic N) is 1. The highest BCUT2D eigenvalue weighted by Crippen LogP contribution is 2.27. The van der Waals surface area contributed by atoms with Crippen LogP contribution in [0.25, 0.3) is 0 Å². The quantitative estimate of drug-likeness (QED) is 0.896. The van der Waals surface area contributed by atoms with Crippen LogP contribution >= 0.6 is 27.5 Å². The van der Waals surface area contributed by atoms with Crippen LogP contribution in [0.5, 0.6) is 0 Å². The molecule has 1 aliphatic heterocycles. The van der Waals surface area contributed by atoms with Crippen molar-refractivity contribution in [1.82, 2.24) is 4.90 Å². The maximum Gasteiger partial charge on any atom is 0.305 e. The minimum absolute atomic E-state index is 0.0165. The first-order valence-corrected chi connectivity index (χ1v) is 7.64. The summed E-state index contributed by atoms with van der Waals surface area (Å²) in [6.07, 6.45) is 2.56. The van der Waals surface area contributed by atoms with E-state index in [4.69, 9.17) is 16.7 Å². The van der Waals surface area contributed by atoms with Gasteiger partial charge in [0.15, 0.2) is 0 Å². The Hall–Kier alpha value is -1.07. The van der Waals surface area contributed by atoms with Gasteiger partial charge in [0, 0.05) is 17.1 Å². The average Bonchev–Trinajstić information content (AvgIpc) is 2.41. The van der Waals surface area contributed by atoms with Gasteiger partial charge in [0.1, 0.15) is 0 Å². The molecule has 0 saturated carbocycles. The van der Waals surface area contributed by atoms with Gasteiger partial charge in [-0.15, -0.1) is 0 Å². The number of amides is 1. The number of halogens is 2. The third-order valence-corrected chi connectivity index (χ3v) is 4.28. The van der Waals surface area contributed by atoms with Crippen molar-refractivity contribution in [2.75, 3.05) is 6.54 Å². The minimum atomic E-state index is -0.880. The predicted molar refractivity (Wildman–Crippen MR) is 80.1 cm³/mol. The fraction of sp³-hybridized carbons (Fsp3) is 0.429. The number of piperidine rings is 1. The highest BCUT2D eigenvalue weighted by molar-refractivity contribution is 9.10. The Morgan fingerprint density at radius 2 is 2.15 bits per heavy atom. The van der Waals surface area contributed by atoms with Crippen molar-refractivity contribution in [3.05, 3.63) is 33.3 Å². The molecule has 1 saturated heterocycles. The molecule has 1 amide bonds. The van der Waals surface area contributed by atoms with Crippen LogP contribution in [0.3, 0.4) is 0 Å². The van der Waals surface area contributed by atoms with Gasteiger partial charge in [0.2, 0.25) is 0 Å². The summed E-state index contributed by atoms with van der Waals surface area (Å²) in [5, 5.41) is 9.35. The van der Waals surface area contributed by atoms with E-state index in [1.165, 1.54) is 0 Å². The van der Waals surface area contributed by atoms with Gasteiger partial charge >= 0.3 is 5.97 Å². The summed E-state index contributed by atoms with van der Waals surface area (Å²) in [7, 11) is 0. The summed E-state index contributed by atoms with van der Waals surface area (Å²) < 4.78 is 0.775. The Balaban J connectivity index is 2.25. The van der Waals surface area contributed by atoms with Gasteiger partial charge in [-0.25, -0.2) is 0 Å². The molecular formula is C14H15BrClNO3. The molecular weight excluding hydrogens is 346 g/mol. The zero-order valence-corrected chi connectivity index (χ0v) is 13.2. The average molecular weight is 361 g/mol. The molecule has 1 N–H and O–H groups in total. The number of carbonyl (C=O) groups excluding carboxylic acids is 1. The molecule has 0 spiro atoms. The SMILES string of the molecule is O=C(O)CC1CCCCN1C(=O)c1cc(Br)ccc1Cl. The number of carbonyl (C=O) groups is 2. The van der Waals surface area contributed by atoms with Crippen LogP contribution in [0.15, 0.2) is 22.7 Å². The lowest BCUT2D eigenvalue weighted by atomic mass is 9.98. The highest BCUT2D eigenvalue weighted by atomic mass is 79.9. The molecule has 1 heterocycles. The van der Waals surface area contributed by atoms with E-state index in [2.05, 4.69) is 15.9 Å². The van der Waals surface area contributed by atoms with Gasteiger partial charge in [-0.2, -0.15) is 0 Å². The van der Waals surface area contributed by atoms with Gasteiger partial charge in [-0.1, -0.05) is 27.5 Å². The van der Waals surface area contributed by atoms with Crippen molar-refractivity contribution in [2.24, 2.45) is 0 Å². The first-order chi connectivity index (χ1) is 9.49. The van der Waals surface area contributed by atoms with Crippen molar-refractivity contribution in [3.8, 4) is 0 Å². The summed E-state index contributed by atoms with van der Waals surface area (Å²) in [6, 6.07) is 4.86. The normalized spacial score (nSPS) is 18.9. The Morgan fingerprint density at radius 1 is 1.40 bits per heavy atom. The van der Waals surface area contributed by atoms with Crippen molar-refractivity contribution in [1.29, 1.82) is 0 Å². The summed E-state index contributed by atoms with van der Waals surface area (Å²) in [6.45, 7) is 0.583. The van der Waals surface area contributed by atoms with E-state index < -0.39 is 5.97 Å². The molecule has 1 fully saturated rings. The second kappa shape index (κ2) is 6.59. The smallest absolute Gasteiger partial charge is 0.305 e. The van der Waals surface area contributed by atoms with Crippen molar-refractivity contribution >= 4 is 39.4 Å². The number of hydrogen-bond donors (Lipinski definition) is 1. The number of carboxylic acid groups (broad SMARTS) is 1. The lowest BCUT2D eigenvalue weighted by Crippen LogP contribution is -2.44. The van der Waals surface area contributed by atoms with E-state index in [1.807, 2.05) is 0 Å². The van der Waals surface area contributed by atoms with Crippen LogP contribution in [-0.4, -0.2) is 34.5 Å². The van der Waals surface area contributed by atoms with Crippen LogP contribution in [0.2, 0.25) is 5.02 Å². The molecule has 4 nitrogen and oxygen atoms in total. The largest absolute Gasteiger partial charge is 0.481 e. The Kier molecular flexibility index (Phi) is 5.05. The molecule has 0 aliphatic carbocycles. The summed E-state index contributed by atoms with van der Waals surface area (Å²) >= 11 is 9.40. The van der Waals surface area contributed by atoms with E-state index in [9.17, 15) is 9.59 Å². The molecule has 20 heavy (non-hydrogen) atoms. The van der Waals surface area contributed by atoms with E-state index in [0.717, 1.165) is 23.7 Å². The fourth-order valence-corrected chi connectivity index (χ4v) is 3.06. The van der Waals surface area contributed by atoms with Crippen LogP contribution in [0.4, 0.5) is 0 Å². The lowest BCUT2D eigenvalue weighted by Gasteiger charge is -2.35. The van der Waals surface area contributed by atoms with Gasteiger partial charge in [-0.3, -0.25) is 9.59 Å². The van der Waals surface area contributed by atoms with E-state index in [1.54, 1.807) is 23.1 Å². The van der Waals surface area contributed by atoms with Gasteiger partial charge in [-0.05, 0) is 37.5 Å². The second-order valence-corrected chi connectivity index (χ2v) is 6.19. The molecule has 1 aromatic rings. The molecule has 1 unspecified atom stereocenters. The van der Waals surface area contributed by atoms with E-state index >= 15 is 0 Å². The number of rotatable bonds is 3. The molecule has 0 bridgehead atoms. The van der Waals surface area contributed by atoms with Gasteiger partial charge < -0.3 is 10.0 Å². The zero-order valence-electron chi connectivity index (χ0n) is 10.8. The number of carboxylic acids is 1. The minimum Gasteiger partial charge on any atom is -0.481 e. The molecule has 0 radical (unpaired) electrons. The first kappa shape index (κ1) is 15.3. The summed E-state index contributed by atoms with van der Waals surface area (Å²) in [5.41, 5.74) is 0.415. The van der Waals surface area contributed by atoms with Crippen molar-refractivity contribution in [3.63, 3.8) is 0 Å². The molecule has 0 aromatic heterocycles.